The molecule has 2 aromatic carbocycles. The summed E-state index contributed by atoms with van der Waals surface area (Å²) in [5.74, 6) is -0.839. The zero-order valence-corrected chi connectivity index (χ0v) is 14.2. The molecule has 0 aliphatic rings. The van der Waals surface area contributed by atoms with Crippen molar-refractivity contribution < 1.29 is 19.2 Å². The lowest BCUT2D eigenvalue weighted by atomic mass is 10.1. The van der Waals surface area contributed by atoms with Crippen molar-refractivity contribution in [2.45, 2.75) is 12.5 Å². The van der Waals surface area contributed by atoms with Crippen LogP contribution in [0.5, 0.6) is 0 Å². The van der Waals surface area contributed by atoms with E-state index in [0.29, 0.717) is 6.42 Å². The summed E-state index contributed by atoms with van der Waals surface area (Å²) in [5, 5.41) is 16.2. The predicted molar refractivity (Wildman–Crippen MR) is 94.5 cm³/mol. The Labute approximate surface area is 150 Å². The van der Waals surface area contributed by atoms with Crippen LogP contribution in [-0.2, 0) is 16.0 Å². The number of esters is 1. The summed E-state index contributed by atoms with van der Waals surface area (Å²) < 4.78 is 4.78. The Morgan fingerprint density at radius 3 is 2.35 bits per heavy atom. The van der Waals surface area contributed by atoms with Crippen LogP contribution in [0.1, 0.15) is 15.9 Å². The molecule has 2 N–H and O–H groups in total. The fourth-order valence-corrected chi connectivity index (χ4v) is 2.32. The van der Waals surface area contributed by atoms with Crippen molar-refractivity contribution in [3.8, 4) is 0 Å². The number of hydrogen-bond donors (Lipinski definition) is 2. The van der Waals surface area contributed by atoms with Crippen LogP contribution in [0, 0.1) is 10.1 Å². The van der Waals surface area contributed by atoms with Gasteiger partial charge >= 0.3 is 5.97 Å². The third-order valence-electron chi connectivity index (χ3n) is 3.71. The van der Waals surface area contributed by atoms with Gasteiger partial charge in [-0.05, 0) is 24.1 Å². The van der Waals surface area contributed by atoms with Crippen LogP contribution in [0.25, 0.3) is 0 Å². The van der Waals surface area contributed by atoms with E-state index < -0.39 is 22.8 Å². The first kappa shape index (κ1) is 19.1. The summed E-state index contributed by atoms with van der Waals surface area (Å²) in [6.07, 6.45) is 0.418. The largest absolute Gasteiger partial charge is 0.468 e. The lowest BCUT2D eigenvalue weighted by molar-refractivity contribution is -0.384. The number of amides is 1. The number of nitrogens with zero attached hydrogens (tertiary/aromatic N) is 1. The molecule has 0 aromatic heterocycles. The zero-order chi connectivity index (χ0) is 18.9. The van der Waals surface area contributed by atoms with Crippen LogP contribution >= 0.6 is 0 Å². The van der Waals surface area contributed by atoms with Gasteiger partial charge in [0.2, 0.25) is 0 Å². The fourth-order valence-electron chi connectivity index (χ4n) is 2.32. The Kier molecular flexibility index (Phi) is 6.81. The molecule has 26 heavy (non-hydrogen) atoms. The molecule has 0 heterocycles. The smallest absolute Gasteiger partial charge is 0.323 e. The van der Waals surface area contributed by atoms with Gasteiger partial charge in [-0.2, -0.15) is 0 Å². The first-order valence-corrected chi connectivity index (χ1v) is 7.89. The summed E-state index contributed by atoms with van der Waals surface area (Å²) in [4.78, 5) is 34.1. The van der Waals surface area contributed by atoms with E-state index in [9.17, 15) is 19.7 Å². The highest BCUT2D eigenvalue weighted by atomic mass is 16.6. The Balaban J connectivity index is 1.90. The van der Waals surface area contributed by atoms with Gasteiger partial charge < -0.3 is 10.1 Å². The van der Waals surface area contributed by atoms with Crippen molar-refractivity contribution in [1.82, 2.24) is 10.6 Å². The maximum Gasteiger partial charge on any atom is 0.323 e. The summed E-state index contributed by atoms with van der Waals surface area (Å²) in [5.41, 5.74) is 1.15. The molecular weight excluding hydrogens is 338 g/mol. The molecule has 1 amide bonds. The number of carbonyl (C=O) groups excluding carboxylic acids is 2. The Bertz CT molecular complexity index is 762. The quantitative estimate of drug-likeness (QED) is 0.322. The molecule has 0 radical (unpaired) electrons. The van der Waals surface area contributed by atoms with E-state index in [4.69, 9.17) is 4.74 Å². The van der Waals surface area contributed by atoms with Gasteiger partial charge in [0.15, 0.2) is 0 Å². The van der Waals surface area contributed by atoms with Crippen molar-refractivity contribution in [1.29, 1.82) is 0 Å². The third kappa shape index (κ3) is 5.38. The van der Waals surface area contributed by atoms with Gasteiger partial charge in [-0.3, -0.25) is 25.0 Å². The standard InChI is InChI=1S/C18H19N3O5/c1-26-18(23)16(11-13-5-3-2-4-6-13)19-12-20-17(22)14-7-9-15(10-8-14)21(24)25/h2-10,16,19H,11-12H2,1H3,(H,20,22). The van der Waals surface area contributed by atoms with E-state index in [1.165, 1.54) is 31.4 Å². The molecule has 0 saturated heterocycles. The minimum absolute atomic E-state index is 0.0441. The maximum atomic E-state index is 12.1. The van der Waals surface area contributed by atoms with E-state index >= 15 is 0 Å². The number of non-ortho nitro benzene ring substituents is 1. The lowest BCUT2D eigenvalue weighted by Crippen LogP contribution is -2.45. The van der Waals surface area contributed by atoms with Crippen molar-refractivity contribution in [2.24, 2.45) is 0 Å². The molecule has 0 spiro atoms. The van der Waals surface area contributed by atoms with Crippen molar-refractivity contribution in [2.75, 3.05) is 13.8 Å². The number of nitrogens with one attached hydrogen (secondary N) is 2. The molecule has 1 atom stereocenters. The van der Waals surface area contributed by atoms with Crippen molar-refractivity contribution in [3.63, 3.8) is 0 Å². The molecule has 0 fully saturated rings. The van der Waals surface area contributed by atoms with Gasteiger partial charge in [0.05, 0.1) is 18.7 Å². The molecule has 0 aliphatic heterocycles. The van der Waals surface area contributed by atoms with Crippen LogP contribution in [0.4, 0.5) is 5.69 Å². The number of rotatable bonds is 8. The van der Waals surface area contributed by atoms with Gasteiger partial charge in [0.1, 0.15) is 6.04 Å². The van der Waals surface area contributed by atoms with E-state index in [1.807, 2.05) is 30.3 Å². The van der Waals surface area contributed by atoms with Gasteiger partial charge in [0, 0.05) is 17.7 Å². The van der Waals surface area contributed by atoms with Crippen molar-refractivity contribution in [3.05, 3.63) is 75.8 Å². The summed E-state index contributed by atoms with van der Waals surface area (Å²) >= 11 is 0. The lowest BCUT2D eigenvalue weighted by Gasteiger charge is -2.17. The van der Waals surface area contributed by atoms with Crippen LogP contribution in [-0.4, -0.2) is 36.6 Å². The summed E-state index contributed by atoms with van der Waals surface area (Å²) in [6.45, 7) is 0.0441. The highest BCUT2D eigenvalue weighted by molar-refractivity contribution is 5.94. The number of benzene rings is 2. The maximum absolute atomic E-state index is 12.1. The van der Waals surface area contributed by atoms with Gasteiger partial charge in [-0.15, -0.1) is 0 Å². The summed E-state index contributed by atoms with van der Waals surface area (Å²) in [6, 6.07) is 14.1. The highest BCUT2D eigenvalue weighted by Gasteiger charge is 2.19. The second-order valence-corrected chi connectivity index (χ2v) is 5.46. The second kappa shape index (κ2) is 9.28. The molecule has 8 nitrogen and oxygen atoms in total. The molecule has 136 valence electrons. The minimum atomic E-state index is -0.612. The molecule has 0 bridgehead atoms. The van der Waals surface area contributed by atoms with Gasteiger partial charge in [0.25, 0.3) is 11.6 Å². The van der Waals surface area contributed by atoms with Gasteiger partial charge in [-0.25, -0.2) is 0 Å². The minimum Gasteiger partial charge on any atom is -0.468 e. The second-order valence-electron chi connectivity index (χ2n) is 5.46. The average molecular weight is 357 g/mol. The Hall–Kier alpha value is -3.26. The Morgan fingerprint density at radius 1 is 1.12 bits per heavy atom. The molecule has 2 aromatic rings. The topological polar surface area (TPSA) is 111 Å². The van der Waals surface area contributed by atoms with E-state index in [0.717, 1.165) is 5.56 Å². The van der Waals surface area contributed by atoms with Crippen LogP contribution < -0.4 is 10.6 Å². The normalized spacial score (nSPS) is 11.4. The van der Waals surface area contributed by atoms with Crippen LogP contribution in [0.2, 0.25) is 0 Å². The number of methoxy groups -OCH3 is 1. The number of nitro benzene ring substituents is 1. The monoisotopic (exact) mass is 357 g/mol. The van der Waals surface area contributed by atoms with E-state index in [2.05, 4.69) is 10.6 Å². The first-order valence-electron chi connectivity index (χ1n) is 7.89. The highest BCUT2D eigenvalue weighted by Crippen LogP contribution is 2.11. The van der Waals surface area contributed by atoms with E-state index in [-0.39, 0.29) is 17.9 Å². The average Bonchev–Trinajstić information content (AvgIpc) is 2.67. The number of ether oxygens (including phenoxy) is 1. The van der Waals surface area contributed by atoms with Crippen LogP contribution in [0.15, 0.2) is 54.6 Å². The number of nitro groups is 1. The fraction of sp³-hybridized carbons (Fsp3) is 0.222. The molecular formula is C18H19N3O5. The first-order chi connectivity index (χ1) is 12.5. The predicted octanol–water partition coefficient (Wildman–Crippen LogP) is 1.66. The zero-order valence-electron chi connectivity index (χ0n) is 14.2. The molecule has 0 aliphatic carbocycles. The van der Waals surface area contributed by atoms with Crippen molar-refractivity contribution >= 4 is 17.6 Å². The number of hydrogen-bond acceptors (Lipinski definition) is 6. The molecule has 2 rings (SSSR count). The van der Waals surface area contributed by atoms with Gasteiger partial charge in [-0.1, -0.05) is 30.3 Å². The van der Waals surface area contributed by atoms with E-state index in [1.54, 1.807) is 0 Å². The molecule has 8 heteroatoms. The number of carbonyl (C=O) groups is 2. The third-order valence-corrected chi connectivity index (χ3v) is 3.71. The molecule has 0 saturated carbocycles. The SMILES string of the molecule is COC(=O)C(Cc1ccccc1)NCNC(=O)c1ccc([N+](=O)[O-])cc1. The summed E-state index contributed by atoms with van der Waals surface area (Å²) in [7, 11) is 1.30. The Morgan fingerprint density at radius 2 is 1.77 bits per heavy atom. The molecule has 1 unspecified atom stereocenters. The van der Waals surface area contributed by atoms with Crippen LogP contribution in [0.3, 0.4) is 0 Å².